The number of carbonyl (C=O) groups is 1. The molecule has 1 amide bonds. The summed E-state index contributed by atoms with van der Waals surface area (Å²) in [6.07, 6.45) is 1.34. The van der Waals surface area contributed by atoms with Crippen molar-refractivity contribution in [2.24, 2.45) is 0 Å². The van der Waals surface area contributed by atoms with Crippen LogP contribution in [-0.4, -0.2) is 15.9 Å². The van der Waals surface area contributed by atoms with Gasteiger partial charge in [0.2, 0.25) is 5.56 Å². The maximum Gasteiger partial charge on any atom is 0.253 e. The Balaban J connectivity index is 1.80. The summed E-state index contributed by atoms with van der Waals surface area (Å²) in [6.45, 7) is 0.109. The minimum Gasteiger partial charge on any atom is -0.348 e. The lowest BCUT2D eigenvalue weighted by molar-refractivity contribution is 0.0950. The highest BCUT2D eigenvalue weighted by Gasteiger charge is 2.07. The third kappa shape index (κ3) is 2.80. The van der Waals surface area contributed by atoms with Crippen molar-refractivity contribution in [3.05, 3.63) is 80.5 Å². The first-order valence-corrected chi connectivity index (χ1v) is 6.71. The Bertz CT molecular complexity index is 936. The van der Waals surface area contributed by atoms with Gasteiger partial charge < -0.3 is 15.3 Å². The maximum absolute atomic E-state index is 12.0. The molecular formula is C16H13N3O3. The minimum absolute atomic E-state index is 0.109. The summed E-state index contributed by atoms with van der Waals surface area (Å²) in [6, 6.07) is 11.9. The van der Waals surface area contributed by atoms with Gasteiger partial charge in [0, 0.05) is 29.9 Å². The van der Waals surface area contributed by atoms with Crippen LogP contribution in [0.15, 0.2) is 58.3 Å². The molecule has 6 nitrogen and oxygen atoms in total. The van der Waals surface area contributed by atoms with Crippen molar-refractivity contribution in [2.75, 3.05) is 0 Å². The zero-order chi connectivity index (χ0) is 15.5. The molecule has 0 bridgehead atoms. The molecule has 1 aromatic carbocycles. The first-order valence-electron chi connectivity index (χ1n) is 6.71. The number of benzene rings is 1. The first-order chi connectivity index (χ1) is 10.6. The second kappa shape index (κ2) is 5.69. The lowest BCUT2D eigenvalue weighted by Crippen LogP contribution is -2.27. The Kier molecular flexibility index (Phi) is 3.57. The van der Waals surface area contributed by atoms with E-state index in [1.165, 1.54) is 18.3 Å². The van der Waals surface area contributed by atoms with Gasteiger partial charge in [-0.1, -0.05) is 18.2 Å². The zero-order valence-electron chi connectivity index (χ0n) is 11.6. The van der Waals surface area contributed by atoms with Gasteiger partial charge in [-0.3, -0.25) is 14.4 Å². The fourth-order valence-electron chi connectivity index (χ4n) is 2.15. The molecule has 0 fully saturated rings. The largest absolute Gasteiger partial charge is 0.348 e. The van der Waals surface area contributed by atoms with Crippen LogP contribution < -0.4 is 16.4 Å². The Hall–Kier alpha value is -3.15. The van der Waals surface area contributed by atoms with Crippen molar-refractivity contribution in [1.82, 2.24) is 15.3 Å². The normalized spacial score (nSPS) is 10.5. The number of amides is 1. The van der Waals surface area contributed by atoms with E-state index in [2.05, 4.69) is 15.3 Å². The smallest absolute Gasteiger partial charge is 0.253 e. The van der Waals surface area contributed by atoms with E-state index in [9.17, 15) is 14.4 Å². The van der Waals surface area contributed by atoms with Crippen LogP contribution in [0.4, 0.5) is 0 Å². The third-order valence-corrected chi connectivity index (χ3v) is 3.32. The van der Waals surface area contributed by atoms with Crippen LogP contribution in [0.1, 0.15) is 15.9 Å². The SMILES string of the molecule is O=C(NCc1cc2ccccc2[nH]c1=O)c1ccc(=O)[nH]c1. The molecule has 3 N–H and O–H groups in total. The van der Waals surface area contributed by atoms with E-state index in [0.717, 1.165) is 10.9 Å². The van der Waals surface area contributed by atoms with Crippen molar-refractivity contribution >= 4 is 16.8 Å². The molecule has 0 aliphatic carbocycles. The maximum atomic E-state index is 12.0. The predicted octanol–water partition coefficient (Wildman–Crippen LogP) is 1.15. The molecule has 3 rings (SSSR count). The van der Waals surface area contributed by atoms with Gasteiger partial charge in [-0.2, -0.15) is 0 Å². The number of fused-ring (bicyclic) bond motifs is 1. The van der Waals surface area contributed by atoms with Crippen LogP contribution in [0.2, 0.25) is 0 Å². The fraction of sp³-hybridized carbons (Fsp3) is 0.0625. The number of hydrogen-bond donors (Lipinski definition) is 3. The molecule has 0 aliphatic heterocycles. The Morgan fingerprint density at radius 1 is 1.09 bits per heavy atom. The number of H-pyrrole nitrogens is 2. The van der Waals surface area contributed by atoms with Gasteiger partial charge in [-0.15, -0.1) is 0 Å². The number of rotatable bonds is 3. The summed E-state index contributed by atoms with van der Waals surface area (Å²) in [5, 5.41) is 3.56. The molecule has 0 radical (unpaired) electrons. The van der Waals surface area contributed by atoms with Crippen molar-refractivity contribution < 1.29 is 4.79 Å². The van der Waals surface area contributed by atoms with Crippen molar-refractivity contribution in [1.29, 1.82) is 0 Å². The lowest BCUT2D eigenvalue weighted by atomic mass is 10.1. The van der Waals surface area contributed by atoms with Gasteiger partial charge in [-0.05, 0) is 23.6 Å². The average molecular weight is 295 g/mol. The first kappa shape index (κ1) is 13.8. The third-order valence-electron chi connectivity index (χ3n) is 3.32. The predicted molar refractivity (Wildman–Crippen MR) is 82.8 cm³/mol. The Morgan fingerprint density at radius 3 is 2.68 bits per heavy atom. The van der Waals surface area contributed by atoms with Gasteiger partial charge in [0.25, 0.3) is 11.5 Å². The van der Waals surface area contributed by atoms with E-state index in [-0.39, 0.29) is 23.6 Å². The fourth-order valence-corrected chi connectivity index (χ4v) is 2.15. The van der Waals surface area contributed by atoms with E-state index < -0.39 is 0 Å². The Labute approximate surface area is 124 Å². The molecule has 0 saturated carbocycles. The van der Waals surface area contributed by atoms with Gasteiger partial charge >= 0.3 is 0 Å². The summed E-state index contributed by atoms with van der Waals surface area (Å²) in [7, 11) is 0. The molecule has 0 spiro atoms. The number of carbonyl (C=O) groups excluding carboxylic acids is 1. The molecule has 6 heteroatoms. The van der Waals surface area contributed by atoms with Crippen molar-refractivity contribution in [2.45, 2.75) is 6.54 Å². The summed E-state index contributed by atoms with van der Waals surface area (Å²) in [5.74, 6) is -0.358. The standard InChI is InChI=1S/C16H13N3O3/c20-14-6-5-11(8-17-14)15(21)18-9-12-7-10-3-1-2-4-13(10)19-16(12)22/h1-8H,9H2,(H,17,20)(H,18,21)(H,19,22). The van der Waals surface area contributed by atoms with Gasteiger partial charge in [0.1, 0.15) is 0 Å². The number of aromatic amines is 2. The van der Waals surface area contributed by atoms with E-state index >= 15 is 0 Å². The van der Waals surface area contributed by atoms with Crippen LogP contribution in [0.5, 0.6) is 0 Å². The molecule has 2 aromatic heterocycles. The summed E-state index contributed by atoms with van der Waals surface area (Å²) in [4.78, 5) is 40.1. The highest BCUT2D eigenvalue weighted by Crippen LogP contribution is 2.09. The van der Waals surface area contributed by atoms with Crippen LogP contribution in [-0.2, 0) is 6.54 Å². The number of pyridine rings is 2. The summed E-state index contributed by atoms with van der Waals surface area (Å²) >= 11 is 0. The molecule has 0 atom stereocenters. The van der Waals surface area contributed by atoms with Crippen LogP contribution >= 0.6 is 0 Å². The van der Waals surface area contributed by atoms with Crippen LogP contribution in [0.25, 0.3) is 10.9 Å². The number of nitrogens with one attached hydrogen (secondary N) is 3. The monoisotopic (exact) mass is 295 g/mol. The van der Waals surface area contributed by atoms with E-state index in [1.54, 1.807) is 6.07 Å². The number of aromatic nitrogens is 2. The summed E-state index contributed by atoms with van der Waals surface area (Å²) in [5.41, 5.74) is 1.04. The number of hydrogen-bond acceptors (Lipinski definition) is 3. The van der Waals surface area contributed by atoms with Crippen molar-refractivity contribution in [3.8, 4) is 0 Å². The average Bonchev–Trinajstić information content (AvgIpc) is 2.53. The molecule has 0 unspecified atom stereocenters. The summed E-state index contributed by atoms with van der Waals surface area (Å²) < 4.78 is 0. The number of para-hydroxylation sites is 1. The second-order valence-corrected chi connectivity index (χ2v) is 4.84. The van der Waals surface area contributed by atoms with Gasteiger partial charge in [0.15, 0.2) is 0 Å². The van der Waals surface area contributed by atoms with E-state index in [4.69, 9.17) is 0 Å². The van der Waals surface area contributed by atoms with E-state index in [1.807, 2.05) is 24.3 Å². The van der Waals surface area contributed by atoms with Crippen LogP contribution in [0.3, 0.4) is 0 Å². The molecule has 110 valence electrons. The van der Waals surface area contributed by atoms with Gasteiger partial charge in [-0.25, -0.2) is 0 Å². The Morgan fingerprint density at radius 2 is 1.91 bits per heavy atom. The molecule has 0 saturated heterocycles. The van der Waals surface area contributed by atoms with Crippen molar-refractivity contribution in [3.63, 3.8) is 0 Å². The molecule has 3 aromatic rings. The molecular weight excluding hydrogens is 282 g/mol. The van der Waals surface area contributed by atoms with E-state index in [0.29, 0.717) is 11.1 Å². The van der Waals surface area contributed by atoms with Gasteiger partial charge in [0.05, 0.1) is 5.56 Å². The molecule has 2 heterocycles. The zero-order valence-corrected chi connectivity index (χ0v) is 11.6. The molecule has 22 heavy (non-hydrogen) atoms. The topological polar surface area (TPSA) is 94.8 Å². The highest BCUT2D eigenvalue weighted by molar-refractivity contribution is 5.93. The lowest BCUT2D eigenvalue weighted by Gasteiger charge is -2.06. The minimum atomic E-state index is -0.358. The van der Waals surface area contributed by atoms with Crippen LogP contribution in [0, 0.1) is 0 Å². The quantitative estimate of drug-likeness (QED) is 0.676. The second-order valence-electron chi connectivity index (χ2n) is 4.84. The highest BCUT2D eigenvalue weighted by atomic mass is 16.2. The molecule has 0 aliphatic rings.